The lowest BCUT2D eigenvalue weighted by Gasteiger charge is -2.62. The molecule has 5 aliphatic rings. The first-order valence-electron chi connectivity index (χ1n) is 12.9. The first kappa shape index (κ1) is 23.1. The third-order valence-electron chi connectivity index (χ3n) is 8.16. The Hall–Kier alpha value is -3.29. The Morgan fingerprint density at radius 1 is 1.17 bits per heavy atom. The normalized spacial score (nSPS) is 26.4. The number of ether oxygens (including phenoxy) is 2. The molecule has 3 aliphatic carbocycles. The minimum absolute atomic E-state index is 0.185. The predicted molar refractivity (Wildman–Crippen MR) is 134 cm³/mol. The molecule has 3 fully saturated rings. The van der Waals surface area contributed by atoms with Crippen molar-refractivity contribution in [3.8, 4) is 11.6 Å². The first-order chi connectivity index (χ1) is 17.2. The van der Waals surface area contributed by atoms with E-state index in [1.807, 2.05) is 25.5 Å². The lowest BCUT2D eigenvalue weighted by Crippen LogP contribution is -2.55. The molecule has 3 heterocycles. The molecule has 190 valence electrons. The van der Waals surface area contributed by atoms with E-state index in [1.54, 1.807) is 9.80 Å². The van der Waals surface area contributed by atoms with Gasteiger partial charge in [-0.25, -0.2) is 9.48 Å². The minimum Gasteiger partial charge on any atom is -0.474 e. The van der Waals surface area contributed by atoms with Crippen molar-refractivity contribution in [1.82, 2.24) is 19.6 Å². The second-order valence-corrected chi connectivity index (χ2v) is 11.7. The summed E-state index contributed by atoms with van der Waals surface area (Å²) in [5.74, 6) is 1.28. The number of benzene rings is 1. The van der Waals surface area contributed by atoms with Crippen molar-refractivity contribution in [2.75, 3.05) is 26.2 Å². The highest BCUT2D eigenvalue weighted by Gasteiger charge is 2.57. The third kappa shape index (κ3) is 3.69. The van der Waals surface area contributed by atoms with E-state index < -0.39 is 17.7 Å². The largest absolute Gasteiger partial charge is 0.474 e. The summed E-state index contributed by atoms with van der Waals surface area (Å²) in [5.41, 5.74) is 4.08. The number of nitrogens with zero attached hydrogens (tertiary/aromatic N) is 4. The number of aromatic nitrogens is 2. The number of carbonyl (C=O) groups excluding carboxylic acids is 2. The molecule has 3 saturated carbocycles. The molecule has 36 heavy (non-hydrogen) atoms. The van der Waals surface area contributed by atoms with Crippen LogP contribution in [-0.4, -0.2) is 63.4 Å². The van der Waals surface area contributed by atoms with E-state index in [4.69, 9.17) is 14.6 Å². The van der Waals surface area contributed by atoms with Crippen LogP contribution < -0.4 is 4.74 Å². The number of carbonyl (C=O) groups is 2. The highest BCUT2D eigenvalue weighted by Crippen LogP contribution is 2.65. The van der Waals surface area contributed by atoms with Crippen LogP contribution in [0.5, 0.6) is 5.88 Å². The second-order valence-electron chi connectivity index (χ2n) is 11.7. The molecule has 8 nitrogen and oxygen atoms in total. The Bertz CT molecular complexity index is 1210. The molecule has 1 aromatic heterocycles. The van der Waals surface area contributed by atoms with Gasteiger partial charge in [0, 0.05) is 19.5 Å². The topological polar surface area (TPSA) is 76.9 Å². The van der Waals surface area contributed by atoms with Crippen molar-refractivity contribution in [2.24, 2.45) is 5.92 Å². The molecule has 0 unspecified atom stereocenters. The zero-order valence-electron chi connectivity index (χ0n) is 21.3. The Balaban J connectivity index is 1.37. The molecule has 1 aromatic carbocycles. The molecule has 2 aromatic rings. The molecule has 2 amide bonds. The van der Waals surface area contributed by atoms with Gasteiger partial charge in [-0.05, 0) is 75.1 Å². The molecule has 0 radical (unpaired) electrons. The van der Waals surface area contributed by atoms with Gasteiger partial charge in [0.1, 0.15) is 12.2 Å². The average Bonchev–Trinajstić information content (AvgIpc) is 3.12. The van der Waals surface area contributed by atoms with Crippen LogP contribution in [0.1, 0.15) is 62.9 Å². The fourth-order valence-electron chi connectivity index (χ4n) is 6.28. The van der Waals surface area contributed by atoms with Crippen LogP contribution in [0, 0.1) is 5.92 Å². The summed E-state index contributed by atoms with van der Waals surface area (Å²) in [6, 6.07) is 8.37. The van der Waals surface area contributed by atoms with Crippen LogP contribution in [0.4, 0.5) is 4.79 Å². The zero-order chi connectivity index (χ0) is 25.2. The van der Waals surface area contributed by atoms with Crippen molar-refractivity contribution in [2.45, 2.75) is 63.5 Å². The summed E-state index contributed by atoms with van der Waals surface area (Å²) in [4.78, 5) is 29.2. The van der Waals surface area contributed by atoms with E-state index in [2.05, 4.69) is 30.8 Å². The van der Waals surface area contributed by atoms with Gasteiger partial charge in [-0.15, -0.1) is 5.10 Å². The monoisotopic (exact) mass is 490 g/mol. The molecule has 0 spiro atoms. The lowest BCUT2D eigenvalue weighted by molar-refractivity contribution is -0.127. The van der Waals surface area contributed by atoms with E-state index >= 15 is 0 Å². The highest BCUT2D eigenvalue weighted by atomic mass is 16.6. The van der Waals surface area contributed by atoms with Crippen LogP contribution >= 0.6 is 0 Å². The number of amides is 2. The summed E-state index contributed by atoms with van der Waals surface area (Å²) in [7, 11) is 0. The van der Waals surface area contributed by atoms with Crippen molar-refractivity contribution in [1.29, 1.82) is 0 Å². The van der Waals surface area contributed by atoms with Crippen molar-refractivity contribution >= 4 is 12.0 Å². The lowest BCUT2D eigenvalue weighted by atomic mass is 9.42. The molecule has 1 atom stereocenters. The van der Waals surface area contributed by atoms with Crippen LogP contribution in [0.2, 0.25) is 0 Å². The van der Waals surface area contributed by atoms with Crippen molar-refractivity contribution in [3.05, 3.63) is 53.7 Å². The zero-order valence-corrected chi connectivity index (χ0v) is 21.3. The van der Waals surface area contributed by atoms with Gasteiger partial charge in [-0.3, -0.25) is 9.69 Å². The quantitative estimate of drug-likeness (QED) is 0.604. The van der Waals surface area contributed by atoms with Crippen LogP contribution in [0.15, 0.2) is 36.9 Å². The van der Waals surface area contributed by atoms with Gasteiger partial charge in [0.15, 0.2) is 0 Å². The van der Waals surface area contributed by atoms with Crippen LogP contribution in [0.3, 0.4) is 0 Å². The van der Waals surface area contributed by atoms with Crippen LogP contribution in [-0.2, 0) is 21.4 Å². The van der Waals surface area contributed by atoms with E-state index in [1.165, 1.54) is 30.9 Å². The van der Waals surface area contributed by atoms with Crippen molar-refractivity contribution in [3.63, 3.8) is 0 Å². The maximum Gasteiger partial charge on any atom is 0.410 e. The molecule has 2 aliphatic heterocycles. The van der Waals surface area contributed by atoms with Gasteiger partial charge >= 0.3 is 6.09 Å². The van der Waals surface area contributed by atoms with Crippen LogP contribution in [0.25, 0.3) is 5.69 Å². The molecular weight excluding hydrogens is 456 g/mol. The SMILES string of the molecule is C=CC(=O)N1CCOc2nn(-c3ccc(C45CC(C4)C5)cc3)c3c2[C@H](C1)N(C(=O)OC(C)(C)C)CC3. The van der Waals surface area contributed by atoms with Gasteiger partial charge in [0.2, 0.25) is 11.8 Å². The Labute approximate surface area is 211 Å². The molecule has 8 heteroatoms. The van der Waals surface area contributed by atoms with E-state index in [0.29, 0.717) is 44.0 Å². The third-order valence-corrected chi connectivity index (χ3v) is 8.16. The molecule has 2 bridgehead atoms. The maximum atomic E-state index is 13.2. The summed E-state index contributed by atoms with van der Waals surface area (Å²) in [6.07, 6.45) is 5.49. The number of hydrogen-bond acceptors (Lipinski definition) is 5. The summed E-state index contributed by atoms with van der Waals surface area (Å²) in [5, 5.41) is 4.87. The average molecular weight is 491 g/mol. The fraction of sp³-hybridized carbons (Fsp3) is 0.536. The van der Waals surface area contributed by atoms with Gasteiger partial charge in [0.25, 0.3) is 0 Å². The van der Waals surface area contributed by atoms with Gasteiger partial charge in [0.05, 0.1) is 29.5 Å². The summed E-state index contributed by atoms with van der Waals surface area (Å²) < 4.78 is 13.8. The van der Waals surface area contributed by atoms with Gasteiger partial charge in [-0.2, -0.15) is 0 Å². The minimum atomic E-state index is -0.624. The molecule has 0 N–H and O–H groups in total. The van der Waals surface area contributed by atoms with Gasteiger partial charge in [-0.1, -0.05) is 18.7 Å². The summed E-state index contributed by atoms with van der Waals surface area (Å²) >= 11 is 0. The first-order valence-corrected chi connectivity index (χ1v) is 12.9. The number of rotatable bonds is 3. The van der Waals surface area contributed by atoms with Gasteiger partial charge < -0.3 is 14.4 Å². The predicted octanol–water partition coefficient (Wildman–Crippen LogP) is 4.17. The van der Waals surface area contributed by atoms with E-state index in [9.17, 15) is 9.59 Å². The number of hydrogen-bond donors (Lipinski definition) is 0. The van der Waals surface area contributed by atoms with E-state index in [-0.39, 0.29) is 5.91 Å². The highest BCUT2D eigenvalue weighted by molar-refractivity contribution is 5.87. The maximum absolute atomic E-state index is 13.2. The second kappa shape index (κ2) is 8.11. The fourth-order valence-corrected chi connectivity index (χ4v) is 6.28. The smallest absolute Gasteiger partial charge is 0.410 e. The molecule has 7 rings (SSSR count). The molecule has 0 saturated heterocycles. The Kier molecular flexibility index (Phi) is 5.21. The Morgan fingerprint density at radius 3 is 2.50 bits per heavy atom. The Morgan fingerprint density at radius 2 is 1.89 bits per heavy atom. The van der Waals surface area contributed by atoms with E-state index in [0.717, 1.165) is 22.9 Å². The standard InChI is InChI=1S/C28H34N4O4/c1-5-23(33)30-12-13-35-25-24-21(10-11-31(22(24)17-30)26(34)36-27(2,3)4)32(29-25)20-8-6-19(7-9-20)28-14-18(15-28)16-28/h5-9,18,22H,1,10-17H2,2-4H3/t18?,22-,28?/m0/s1. The summed E-state index contributed by atoms with van der Waals surface area (Å²) in [6.45, 7) is 10.7. The van der Waals surface area contributed by atoms with Crippen molar-refractivity contribution < 1.29 is 19.1 Å². The molecular formula is C28H34N4O4.